The maximum Gasteiger partial charge on any atom is 0.293 e. The summed E-state index contributed by atoms with van der Waals surface area (Å²) in [6.45, 7) is 5.67. The number of imide groups is 1. The lowest BCUT2D eigenvalue weighted by atomic mass is 10.1. The van der Waals surface area contributed by atoms with Crippen molar-refractivity contribution in [1.29, 1.82) is 0 Å². The molecule has 1 aliphatic heterocycles. The molecule has 0 atom stereocenters. The number of thioether (sulfide) groups is 1. The number of carbonyl (C=O) groups is 3. The first-order chi connectivity index (χ1) is 12.9. The largest absolute Gasteiger partial charge is 0.466 e. The van der Waals surface area contributed by atoms with E-state index in [2.05, 4.69) is 5.32 Å². The maximum absolute atomic E-state index is 12.5. The molecule has 1 aliphatic rings. The van der Waals surface area contributed by atoms with E-state index in [4.69, 9.17) is 4.42 Å². The van der Waals surface area contributed by atoms with Crippen LogP contribution in [0.1, 0.15) is 33.0 Å². The Morgan fingerprint density at radius 1 is 1.15 bits per heavy atom. The van der Waals surface area contributed by atoms with Crippen molar-refractivity contribution >= 4 is 34.9 Å². The number of nitrogens with one attached hydrogen (secondary N) is 1. The molecule has 1 aromatic heterocycles. The van der Waals surface area contributed by atoms with Crippen LogP contribution in [-0.4, -0.2) is 35.0 Å². The Labute approximate surface area is 161 Å². The number of hydrogen-bond donors (Lipinski definition) is 1. The molecular formula is C20H20N2O4S. The van der Waals surface area contributed by atoms with Crippen molar-refractivity contribution in [2.75, 3.05) is 13.1 Å². The fraction of sp³-hybridized carbons (Fsp3) is 0.250. The van der Waals surface area contributed by atoms with Gasteiger partial charge in [-0.1, -0.05) is 30.3 Å². The second kappa shape index (κ2) is 7.84. The zero-order valence-electron chi connectivity index (χ0n) is 15.4. The van der Waals surface area contributed by atoms with Crippen LogP contribution < -0.4 is 5.32 Å². The van der Waals surface area contributed by atoms with Crippen LogP contribution in [0.3, 0.4) is 0 Å². The SMILES string of the molecule is Cc1oc(C)c(C(=O)NCCN2C(=O)S/C(=C\c3ccccc3)C2=O)c1C. The van der Waals surface area contributed by atoms with Gasteiger partial charge in [0.15, 0.2) is 0 Å². The van der Waals surface area contributed by atoms with Crippen molar-refractivity contribution in [3.63, 3.8) is 0 Å². The molecule has 6 nitrogen and oxygen atoms in total. The molecule has 1 aromatic carbocycles. The van der Waals surface area contributed by atoms with Gasteiger partial charge >= 0.3 is 0 Å². The molecule has 1 saturated heterocycles. The van der Waals surface area contributed by atoms with Gasteiger partial charge in [-0.2, -0.15) is 0 Å². The summed E-state index contributed by atoms with van der Waals surface area (Å²) in [5.74, 6) is 0.650. The van der Waals surface area contributed by atoms with Crippen LogP contribution in [0.4, 0.5) is 4.79 Å². The van der Waals surface area contributed by atoms with Crippen molar-refractivity contribution in [2.45, 2.75) is 20.8 Å². The summed E-state index contributed by atoms with van der Waals surface area (Å²) in [6, 6.07) is 9.36. The number of furan rings is 1. The predicted molar refractivity (Wildman–Crippen MR) is 104 cm³/mol. The zero-order chi connectivity index (χ0) is 19.6. The number of amides is 3. The van der Waals surface area contributed by atoms with Crippen molar-refractivity contribution in [3.8, 4) is 0 Å². The van der Waals surface area contributed by atoms with E-state index in [1.165, 1.54) is 0 Å². The van der Waals surface area contributed by atoms with E-state index >= 15 is 0 Å². The third-order valence-electron chi connectivity index (χ3n) is 4.38. The van der Waals surface area contributed by atoms with Crippen LogP contribution >= 0.6 is 11.8 Å². The van der Waals surface area contributed by atoms with Gasteiger partial charge in [-0.25, -0.2) is 0 Å². The summed E-state index contributed by atoms with van der Waals surface area (Å²) < 4.78 is 5.46. The van der Waals surface area contributed by atoms with E-state index in [1.807, 2.05) is 37.3 Å². The minimum atomic E-state index is -0.338. The number of rotatable bonds is 5. The molecule has 2 heterocycles. The summed E-state index contributed by atoms with van der Waals surface area (Å²) >= 11 is 0.911. The van der Waals surface area contributed by atoms with Gasteiger partial charge in [0.25, 0.3) is 17.1 Å². The van der Waals surface area contributed by atoms with Crippen molar-refractivity contribution in [1.82, 2.24) is 10.2 Å². The summed E-state index contributed by atoms with van der Waals surface area (Å²) in [4.78, 5) is 38.5. The zero-order valence-corrected chi connectivity index (χ0v) is 16.2. The molecule has 0 radical (unpaired) electrons. The molecule has 7 heteroatoms. The molecule has 3 amide bonds. The highest BCUT2D eigenvalue weighted by Gasteiger charge is 2.34. The molecule has 3 rings (SSSR count). The third-order valence-corrected chi connectivity index (χ3v) is 5.29. The Hall–Kier alpha value is -2.80. The van der Waals surface area contributed by atoms with Gasteiger partial charge < -0.3 is 9.73 Å². The fourth-order valence-corrected chi connectivity index (χ4v) is 3.76. The fourth-order valence-electron chi connectivity index (χ4n) is 2.89. The molecule has 2 aromatic rings. The number of benzene rings is 1. The van der Waals surface area contributed by atoms with E-state index < -0.39 is 0 Å². The van der Waals surface area contributed by atoms with Gasteiger partial charge in [0.2, 0.25) is 0 Å². The van der Waals surface area contributed by atoms with E-state index in [0.29, 0.717) is 22.0 Å². The smallest absolute Gasteiger partial charge is 0.293 e. The molecule has 140 valence electrons. The number of nitrogens with zero attached hydrogens (tertiary/aromatic N) is 1. The molecule has 1 fully saturated rings. The first-order valence-corrected chi connectivity index (χ1v) is 9.35. The van der Waals surface area contributed by atoms with Gasteiger partial charge in [0, 0.05) is 18.7 Å². The Morgan fingerprint density at radius 2 is 1.85 bits per heavy atom. The average molecular weight is 384 g/mol. The normalized spacial score (nSPS) is 15.7. The summed E-state index contributed by atoms with van der Waals surface area (Å²) in [5, 5.41) is 2.42. The van der Waals surface area contributed by atoms with Crippen LogP contribution in [0.5, 0.6) is 0 Å². The van der Waals surface area contributed by atoms with Gasteiger partial charge in [-0.15, -0.1) is 0 Å². The monoisotopic (exact) mass is 384 g/mol. The molecule has 1 N–H and O–H groups in total. The van der Waals surface area contributed by atoms with Crippen LogP contribution in [0.25, 0.3) is 6.08 Å². The Bertz CT molecular complexity index is 931. The van der Waals surface area contributed by atoms with E-state index in [9.17, 15) is 14.4 Å². The van der Waals surface area contributed by atoms with E-state index in [-0.39, 0.29) is 30.1 Å². The Kier molecular flexibility index (Phi) is 5.51. The van der Waals surface area contributed by atoms with Crippen molar-refractivity contribution in [3.05, 3.63) is 63.4 Å². The number of aryl methyl sites for hydroxylation is 2. The predicted octanol–water partition coefficient (Wildman–Crippen LogP) is 3.67. The molecule has 0 aliphatic carbocycles. The topological polar surface area (TPSA) is 79.6 Å². The summed E-state index contributed by atoms with van der Waals surface area (Å²) in [5.41, 5.74) is 2.16. The van der Waals surface area contributed by atoms with E-state index in [0.717, 1.165) is 27.8 Å². The first-order valence-electron chi connectivity index (χ1n) is 8.53. The summed E-state index contributed by atoms with van der Waals surface area (Å²) in [7, 11) is 0. The number of hydrogen-bond acceptors (Lipinski definition) is 5. The van der Waals surface area contributed by atoms with Crippen LogP contribution in [0, 0.1) is 20.8 Å². The Morgan fingerprint density at radius 3 is 2.48 bits per heavy atom. The summed E-state index contributed by atoms with van der Waals surface area (Å²) in [6.07, 6.45) is 1.70. The van der Waals surface area contributed by atoms with Crippen LogP contribution in [0.2, 0.25) is 0 Å². The molecule has 0 spiro atoms. The standard InChI is InChI=1S/C20H20N2O4S/c1-12-13(2)26-14(3)17(12)18(23)21-9-10-22-19(24)16(27-20(22)25)11-15-7-5-4-6-8-15/h4-8,11H,9-10H2,1-3H3,(H,21,23)/b16-11-. The minimum Gasteiger partial charge on any atom is -0.466 e. The molecule has 27 heavy (non-hydrogen) atoms. The van der Waals surface area contributed by atoms with Gasteiger partial charge in [0.1, 0.15) is 11.5 Å². The average Bonchev–Trinajstić information content (AvgIpc) is 3.04. The van der Waals surface area contributed by atoms with E-state index in [1.54, 1.807) is 19.9 Å². The lowest BCUT2D eigenvalue weighted by molar-refractivity contribution is -0.122. The highest BCUT2D eigenvalue weighted by molar-refractivity contribution is 8.18. The van der Waals surface area contributed by atoms with Gasteiger partial charge in [0.05, 0.1) is 10.5 Å². The maximum atomic E-state index is 12.5. The van der Waals surface area contributed by atoms with Crippen molar-refractivity contribution < 1.29 is 18.8 Å². The lowest BCUT2D eigenvalue weighted by Crippen LogP contribution is -2.37. The third kappa shape index (κ3) is 3.98. The minimum absolute atomic E-state index is 0.122. The second-order valence-corrected chi connectivity index (χ2v) is 7.21. The van der Waals surface area contributed by atoms with Gasteiger partial charge in [-0.3, -0.25) is 19.3 Å². The number of carbonyl (C=O) groups excluding carboxylic acids is 3. The highest BCUT2D eigenvalue weighted by atomic mass is 32.2. The van der Waals surface area contributed by atoms with Gasteiger partial charge in [-0.05, 0) is 44.2 Å². The van der Waals surface area contributed by atoms with Crippen LogP contribution in [-0.2, 0) is 4.79 Å². The lowest BCUT2D eigenvalue weighted by Gasteiger charge is -2.13. The van der Waals surface area contributed by atoms with Crippen molar-refractivity contribution in [2.24, 2.45) is 0 Å². The quantitative estimate of drug-likeness (QED) is 0.796. The first kappa shape index (κ1) is 19.0. The molecule has 0 bridgehead atoms. The second-order valence-electron chi connectivity index (χ2n) is 6.21. The Balaban J connectivity index is 1.61. The molecule has 0 saturated carbocycles. The molecular weight excluding hydrogens is 364 g/mol. The van der Waals surface area contributed by atoms with Crippen LogP contribution in [0.15, 0.2) is 39.7 Å². The highest BCUT2D eigenvalue weighted by Crippen LogP contribution is 2.31. The molecule has 0 unspecified atom stereocenters.